The minimum Gasteiger partial charge on any atom is -0.506 e. The van der Waals surface area contributed by atoms with Gasteiger partial charge in [-0.25, -0.2) is 0 Å². The summed E-state index contributed by atoms with van der Waals surface area (Å²) in [6.07, 6.45) is 2.15. The zero-order valence-electron chi connectivity index (χ0n) is 12.0. The monoisotopic (exact) mass is 430 g/mol. The van der Waals surface area contributed by atoms with Crippen LogP contribution in [0.25, 0.3) is 6.08 Å². The zero-order valence-corrected chi connectivity index (χ0v) is 15.2. The Bertz CT molecular complexity index is 586. The summed E-state index contributed by atoms with van der Waals surface area (Å²) in [5.41, 5.74) is 0.624. The molecule has 0 aromatic heterocycles. The van der Waals surface area contributed by atoms with E-state index in [1.807, 2.05) is 13.0 Å². The smallest absolute Gasteiger partial charge is 0.261 e. The number of nitriles is 1. The molecule has 0 saturated heterocycles. The number of hydrogen-bond acceptors (Lipinski definition) is 4. The van der Waals surface area contributed by atoms with E-state index in [2.05, 4.69) is 37.2 Å². The molecule has 0 aliphatic rings. The van der Waals surface area contributed by atoms with E-state index in [4.69, 9.17) is 10.00 Å². The van der Waals surface area contributed by atoms with Gasteiger partial charge in [-0.05, 0) is 69.0 Å². The van der Waals surface area contributed by atoms with Crippen molar-refractivity contribution in [3.8, 4) is 11.8 Å². The normalized spacial score (nSPS) is 11.1. The molecular formula is C15H16Br2N2O3. The minimum absolute atomic E-state index is 0.000833. The average molecular weight is 432 g/mol. The molecule has 0 bridgehead atoms. The maximum atomic E-state index is 11.9. The lowest BCUT2D eigenvalue weighted by atomic mass is 10.1. The first-order valence-corrected chi connectivity index (χ1v) is 8.24. The van der Waals surface area contributed by atoms with Crippen LogP contribution in [-0.4, -0.2) is 30.8 Å². The van der Waals surface area contributed by atoms with Crippen molar-refractivity contribution in [2.24, 2.45) is 0 Å². The van der Waals surface area contributed by atoms with Gasteiger partial charge in [0.1, 0.15) is 17.4 Å². The highest BCUT2D eigenvalue weighted by molar-refractivity contribution is 9.11. The molecule has 7 heteroatoms. The van der Waals surface area contributed by atoms with E-state index in [0.29, 0.717) is 40.7 Å². The first kappa shape index (κ1) is 18.7. The number of nitrogens with one attached hydrogen (secondary N) is 1. The second-order valence-corrected chi connectivity index (χ2v) is 6.02. The summed E-state index contributed by atoms with van der Waals surface area (Å²) >= 11 is 6.41. The molecule has 0 atom stereocenters. The summed E-state index contributed by atoms with van der Waals surface area (Å²) in [7, 11) is 0. The fourth-order valence-corrected chi connectivity index (χ4v) is 2.82. The largest absolute Gasteiger partial charge is 0.506 e. The Kier molecular flexibility index (Phi) is 8.17. The van der Waals surface area contributed by atoms with Crippen molar-refractivity contribution in [1.82, 2.24) is 5.32 Å². The van der Waals surface area contributed by atoms with Gasteiger partial charge in [-0.2, -0.15) is 5.26 Å². The van der Waals surface area contributed by atoms with E-state index in [9.17, 15) is 9.90 Å². The maximum absolute atomic E-state index is 11.9. The molecule has 0 radical (unpaired) electrons. The van der Waals surface area contributed by atoms with Crippen molar-refractivity contribution in [3.05, 3.63) is 32.2 Å². The van der Waals surface area contributed by atoms with Gasteiger partial charge in [0.05, 0.1) is 8.95 Å². The van der Waals surface area contributed by atoms with Crippen molar-refractivity contribution < 1.29 is 14.6 Å². The SMILES string of the molecule is CCOCCCNC(=O)/C(C#N)=C\c1cc(Br)c(O)c(Br)c1. The fourth-order valence-electron chi connectivity index (χ4n) is 1.60. The van der Waals surface area contributed by atoms with Gasteiger partial charge in [-0.15, -0.1) is 0 Å². The molecule has 1 rings (SSSR count). The highest BCUT2D eigenvalue weighted by atomic mass is 79.9. The summed E-state index contributed by atoms with van der Waals surface area (Å²) in [5, 5.41) is 21.4. The molecule has 0 heterocycles. The van der Waals surface area contributed by atoms with Crippen molar-refractivity contribution in [3.63, 3.8) is 0 Å². The fraction of sp³-hybridized carbons (Fsp3) is 0.333. The molecule has 0 spiro atoms. The molecule has 1 aromatic carbocycles. The van der Waals surface area contributed by atoms with E-state index in [0.717, 1.165) is 0 Å². The number of rotatable bonds is 7. The van der Waals surface area contributed by atoms with Crippen LogP contribution in [0.3, 0.4) is 0 Å². The van der Waals surface area contributed by atoms with Gasteiger partial charge in [-0.3, -0.25) is 4.79 Å². The molecule has 1 aromatic rings. The van der Waals surface area contributed by atoms with E-state index in [1.165, 1.54) is 6.08 Å². The predicted molar refractivity (Wildman–Crippen MR) is 91.2 cm³/mol. The molecule has 118 valence electrons. The second kappa shape index (κ2) is 9.62. The zero-order chi connectivity index (χ0) is 16.5. The average Bonchev–Trinajstić information content (AvgIpc) is 2.49. The van der Waals surface area contributed by atoms with E-state index in [1.54, 1.807) is 12.1 Å². The standard InChI is InChI=1S/C15H16Br2N2O3/c1-2-22-5-3-4-19-15(21)11(9-18)6-10-7-12(16)14(20)13(17)8-10/h6-8,20H,2-5H2,1H3,(H,19,21)/b11-6-. The van der Waals surface area contributed by atoms with Crippen LogP contribution >= 0.6 is 31.9 Å². The van der Waals surface area contributed by atoms with Crippen molar-refractivity contribution in [1.29, 1.82) is 5.26 Å². The Morgan fingerprint density at radius 1 is 1.45 bits per heavy atom. The Hall–Kier alpha value is -1.36. The second-order valence-electron chi connectivity index (χ2n) is 4.31. The lowest BCUT2D eigenvalue weighted by Crippen LogP contribution is -2.26. The number of aromatic hydroxyl groups is 1. The third-order valence-electron chi connectivity index (χ3n) is 2.67. The number of carbonyl (C=O) groups excluding carboxylic acids is 1. The van der Waals surface area contributed by atoms with Crippen LogP contribution in [0.1, 0.15) is 18.9 Å². The third kappa shape index (κ3) is 5.79. The van der Waals surface area contributed by atoms with Crippen LogP contribution in [0, 0.1) is 11.3 Å². The lowest BCUT2D eigenvalue weighted by Gasteiger charge is -2.05. The number of carbonyl (C=O) groups is 1. The number of benzene rings is 1. The summed E-state index contributed by atoms with van der Waals surface area (Å²) in [4.78, 5) is 11.9. The number of nitrogens with zero attached hydrogens (tertiary/aromatic N) is 1. The number of phenols is 1. The van der Waals surface area contributed by atoms with Gasteiger partial charge in [-0.1, -0.05) is 0 Å². The molecule has 22 heavy (non-hydrogen) atoms. The van der Waals surface area contributed by atoms with Crippen molar-refractivity contribution in [2.75, 3.05) is 19.8 Å². The number of halogens is 2. The molecule has 0 unspecified atom stereocenters. The van der Waals surface area contributed by atoms with Crippen LogP contribution in [0.15, 0.2) is 26.7 Å². The van der Waals surface area contributed by atoms with Crippen molar-refractivity contribution >= 4 is 43.8 Å². The van der Waals surface area contributed by atoms with Gasteiger partial charge in [0.15, 0.2) is 0 Å². The molecular weight excluding hydrogens is 416 g/mol. The minimum atomic E-state index is -0.431. The molecule has 5 nitrogen and oxygen atoms in total. The molecule has 2 N–H and O–H groups in total. The Balaban J connectivity index is 2.74. The van der Waals surface area contributed by atoms with Gasteiger partial charge in [0, 0.05) is 19.8 Å². The van der Waals surface area contributed by atoms with Gasteiger partial charge < -0.3 is 15.2 Å². The van der Waals surface area contributed by atoms with Crippen molar-refractivity contribution in [2.45, 2.75) is 13.3 Å². The highest BCUT2D eigenvalue weighted by Crippen LogP contribution is 2.33. The van der Waals surface area contributed by atoms with Gasteiger partial charge >= 0.3 is 0 Å². The molecule has 0 aliphatic carbocycles. The highest BCUT2D eigenvalue weighted by Gasteiger charge is 2.10. The number of phenolic OH excluding ortho intramolecular Hbond substituents is 1. The van der Waals surface area contributed by atoms with E-state index in [-0.39, 0.29) is 11.3 Å². The first-order chi connectivity index (χ1) is 10.5. The third-order valence-corrected chi connectivity index (χ3v) is 3.88. The van der Waals surface area contributed by atoms with Crippen LogP contribution in [-0.2, 0) is 9.53 Å². The van der Waals surface area contributed by atoms with Gasteiger partial charge in [0.2, 0.25) is 0 Å². The number of amides is 1. The summed E-state index contributed by atoms with van der Waals surface area (Å²) in [5.74, 6) is -0.365. The van der Waals surface area contributed by atoms with Gasteiger partial charge in [0.25, 0.3) is 5.91 Å². The summed E-state index contributed by atoms with van der Waals surface area (Å²) < 4.78 is 6.12. The Morgan fingerprint density at radius 2 is 2.09 bits per heavy atom. The van der Waals surface area contributed by atoms with Crippen LogP contribution < -0.4 is 5.32 Å². The first-order valence-electron chi connectivity index (χ1n) is 6.65. The summed E-state index contributed by atoms with van der Waals surface area (Å²) in [6, 6.07) is 5.13. The molecule has 0 saturated carbocycles. The summed E-state index contributed by atoms with van der Waals surface area (Å²) in [6.45, 7) is 3.56. The Morgan fingerprint density at radius 3 is 2.64 bits per heavy atom. The molecule has 0 fully saturated rings. The van der Waals surface area contributed by atoms with E-state index >= 15 is 0 Å². The van der Waals surface area contributed by atoms with Crippen LogP contribution in [0.4, 0.5) is 0 Å². The number of hydrogen-bond donors (Lipinski definition) is 2. The molecule has 1 amide bonds. The topological polar surface area (TPSA) is 82.3 Å². The molecule has 0 aliphatic heterocycles. The van der Waals surface area contributed by atoms with Crippen LogP contribution in [0.2, 0.25) is 0 Å². The quantitative estimate of drug-likeness (QED) is 0.394. The number of ether oxygens (including phenoxy) is 1. The Labute approximate surface area is 146 Å². The van der Waals surface area contributed by atoms with E-state index < -0.39 is 5.91 Å². The lowest BCUT2D eigenvalue weighted by molar-refractivity contribution is -0.117. The predicted octanol–water partition coefficient (Wildman–Crippen LogP) is 3.37. The van der Waals surface area contributed by atoms with Crippen LogP contribution in [0.5, 0.6) is 5.75 Å². The maximum Gasteiger partial charge on any atom is 0.261 e.